The van der Waals surface area contributed by atoms with Gasteiger partial charge in [0.05, 0.1) is 12.2 Å². The predicted molar refractivity (Wildman–Crippen MR) is 89.1 cm³/mol. The fourth-order valence-corrected chi connectivity index (χ4v) is 1.66. The molecule has 0 saturated heterocycles. The van der Waals surface area contributed by atoms with E-state index in [-0.39, 0.29) is 24.0 Å². The first-order valence-electron chi connectivity index (χ1n) is 6.43. The summed E-state index contributed by atoms with van der Waals surface area (Å²) in [5, 5.41) is 3.25. The Morgan fingerprint density at radius 3 is 2.58 bits per heavy atom. The molecule has 1 aromatic rings. The lowest BCUT2D eigenvalue weighted by atomic mass is 10.3. The second kappa shape index (κ2) is 9.17. The van der Waals surface area contributed by atoms with Crippen LogP contribution in [0.1, 0.15) is 37.1 Å². The van der Waals surface area contributed by atoms with Crippen LogP contribution < -0.4 is 5.32 Å². The highest BCUT2D eigenvalue weighted by Gasteiger charge is 2.08. The van der Waals surface area contributed by atoms with Crippen LogP contribution in [0.25, 0.3) is 0 Å². The summed E-state index contributed by atoms with van der Waals surface area (Å²) in [5.74, 6) is 2.45. The fourth-order valence-electron chi connectivity index (χ4n) is 1.66. The Balaban J connectivity index is 0.00000324. The number of unbranched alkanes of at least 4 members (excludes halogenated alkanes) is 1. The SMILES string of the molecule is CCCCN(C)C(=NC)NCc1nc(C)c(C)o1.I. The molecule has 19 heavy (non-hydrogen) atoms. The van der Waals surface area contributed by atoms with Gasteiger partial charge in [-0.2, -0.15) is 0 Å². The van der Waals surface area contributed by atoms with Crippen molar-refractivity contribution in [2.24, 2.45) is 4.99 Å². The van der Waals surface area contributed by atoms with E-state index in [1.54, 1.807) is 7.05 Å². The number of aromatic nitrogens is 1. The average molecular weight is 380 g/mol. The molecule has 0 aliphatic rings. The van der Waals surface area contributed by atoms with Crippen molar-refractivity contribution in [2.45, 2.75) is 40.2 Å². The largest absolute Gasteiger partial charge is 0.444 e. The maximum atomic E-state index is 5.52. The van der Waals surface area contributed by atoms with Gasteiger partial charge in [0, 0.05) is 20.6 Å². The standard InChI is InChI=1S/C13H24N4O.HI/c1-6-7-8-17(5)13(14-4)15-9-12-16-10(2)11(3)18-12;/h6-9H2,1-5H3,(H,14,15);1H. The van der Waals surface area contributed by atoms with E-state index in [4.69, 9.17) is 4.42 Å². The molecule has 0 unspecified atom stereocenters. The molecule has 0 fully saturated rings. The lowest BCUT2D eigenvalue weighted by molar-refractivity contribution is 0.439. The molecule has 0 amide bonds. The normalized spacial score (nSPS) is 11.1. The highest BCUT2D eigenvalue weighted by molar-refractivity contribution is 14.0. The maximum Gasteiger partial charge on any atom is 0.214 e. The molecule has 0 spiro atoms. The molecular weight excluding hydrogens is 355 g/mol. The molecule has 0 aliphatic heterocycles. The Morgan fingerprint density at radius 1 is 1.42 bits per heavy atom. The number of hydrogen-bond donors (Lipinski definition) is 1. The van der Waals surface area contributed by atoms with Gasteiger partial charge in [-0.05, 0) is 20.3 Å². The molecule has 0 radical (unpaired) electrons. The minimum atomic E-state index is 0. The Morgan fingerprint density at radius 2 is 2.11 bits per heavy atom. The third kappa shape index (κ3) is 5.80. The van der Waals surface area contributed by atoms with Gasteiger partial charge in [-0.1, -0.05) is 13.3 Å². The van der Waals surface area contributed by atoms with E-state index >= 15 is 0 Å². The van der Waals surface area contributed by atoms with E-state index in [2.05, 4.69) is 27.1 Å². The molecule has 1 rings (SSSR count). The minimum Gasteiger partial charge on any atom is -0.444 e. The molecule has 110 valence electrons. The van der Waals surface area contributed by atoms with Gasteiger partial charge in [-0.25, -0.2) is 4.98 Å². The monoisotopic (exact) mass is 380 g/mol. The molecule has 0 aliphatic carbocycles. The maximum absolute atomic E-state index is 5.52. The van der Waals surface area contributed by atoms with Gasteiger partial charge < -0.3 is 14.6 Å². The number of aryl methyl sites for hydroxylation is 2. The topological polar surface area (TPSA) is 53.7 Å². The van der Waals surface area contributed by atoms with Crippen molar-refractivity contribution in [3.05, 3.63) is 17.3 Å². The van der Waals surface area contributed by atoms with Gasteiger partial charge in [-0.3, -0.25) is 4.99 Å². The number of guanidine groups is 1. The van der Waals surface area contributed by atoms with Crippen LogP contribution in [0.2, 0.25) is 0 Å². The summed E-state index contributed by atoms with van der Waals surface area (Å²) >= 11 is 0. The number of hydrogen-bond acceptors (Lipinski definition) is 3. The highest BCUT2D eigenvalue weighted by Crippen LogP contribution is 2.07. The van der Waals surface area contributed by atoms with Crippen LogP contribution in [-0.4, -0.2) is 36.5 Å². The van der Waals surface area contributed by atoms with Crippen molar-refractivity contribution >= 4 is 29.9 Å². The summed E-state index contributed by atoms with van der Waals surface area (Å²) < 4.78 is 5.52. The van der Waals surface area contributed by atoms with E-state index in [1.165, 1.54) is 6.42 Å². The Hall–Kier alpha value is -0.790. The van der Waals surface area contributed by atoms with Gasteiger partial charge in [0.1, 0.15) is 5.76 Å². The first kappa shape index (κ1) is 18.2. The van der Waals surface area contributed by atoms with Gasteiger partial charge in [-0.15, -0.1) is 24.0 Å². The van der Waals surface area contributed by atoms with Crippen molar-refractivity contribution in [1.82, 2.24) is 15.2 Å². The molecule has 0 aromatic carbocycles. The average Bonchev–Trinajstić information content (AvgIpc) is 2.67. The van der Waals surface area contributed by atoms with Crippen LogP contribution in [0.4, 0.5) is 0 Å². The van der Waals surface area contributed by atoms with Crippen LogP contribution in [-0.2, 0) is 6.54 Å². The fraction of sp³-hybridized carbons (Fsp3) is 0.692. The zero-order valence-electron chi connectivity index (χ0n) is 12.5. The molecular formula is C13H25IN4O. The van der Waals surface area contributed by atoms with Crippen molar-refractivity contribution in [3.8, 4) is 0 Å². The summed E-state index contributed by atoms with van der Waals surface area (Å²) in [4.78, 5) is 10.7. The summed E-state index contributed by atoms with van der Waals surface area (Å²) in [5.41, 5.74) is 0.945. The van der Waals surface area contributed by atoms with E-state index in [1.807, 2.05) is 20.9 Å². The van der Waals surface area contributed by atoms with Crippen molar-refractivity contribution in [1.29, 1.82) is 0 Å². The third-order valence-corrected chi connectivity index (χ3v) is 2.89. The Bertz CT molecular complexity index is 384. The Labute approximate surface area is 132 Å². The molecule has 0 bridgehead atoms. The van der Waals surface area contributed by atoms with Crippen molar-refractivity contribution < 1.29 is 4.42 Å². The molecule has 1 N–H and O–H groups in total. The quantitative estimate of drug-likeness (QED) is 0.485. The van der Waals surface area contributed by atoms with Gasteiger partial charge in [0.15, 0.2) is 5.96 Å². The first-order chi connectivity index (χ1) is 8.58. The summed E-state index contributed by atoms with van der Waals surface area (Å²) in [6.45, 7) is 7.62. The van der Waals surface area contributed by atoms with E-state index in [9.17, 15) is 0 Å². The Kier molecular flexibility index (Phi) is 8.79. The minimum absolute atomic E-state index is 0. The first-order valence-corrected chi connectivity index (χ1v) is 6.43. The van der Waals surface area contributed by atoms with Gasteiger partial charge >= 0.3 is 0 Å². The number of halogens is 1. The number of nitrogens with one attached hydrogen (secondary N) is 1. The molecule has 1 aromatic heterocycles. The highest BCUT2D eigenvalue weighted by atomic mass is 127. The second-order valence-corrected chi connectivity index (χ2v) is 4.43. The van der Waals surface area contributed by atoms with E-state index in [0.29, 0.717) is 12.4 Å². The van der Waals surface area contributed by atoms with Crippen LogP contribution in [0.5, 0.6) is 0 Å². The number of nitrogens with zero attached hydrogens (tertiary/aromatic N) is 3. The molecule has 0 saturated carbocycles. The van der Waals surface area contributed by atoms with Crippen LogP contribution in [0.3, 0.4) is 0 Å². The number of aliphatic imine (C=N–C) groups is 1. The summed E-state index contributed by atoms with van der Waals surface area (Å²) in [7, 11) is 3.83. The summed E-state index contributed by atoms with van der Waals surface area (Å²) in [6, 6.07) is 0. The molecule has 6 heteroatoms. The smallest absolute Gasteiger partial charge is 0.214 e. The zero-order valence-corrected chi connectivity index (χ0v) is 14.8. The van der Waals surface area contributed by atoms with Crippen molar-refractivity contribution in [2.75, 3.05) is 20.6 Å². The van der Waals surface area contributed by atoms with E-state index in [0.717, 1.165) is 30.4 Å². The van der Waals surface area contributed by atoms with Crippen LogP contribution >= 0.6 is 24.0 Å². The van der Waals surface area contributed by atoms with Gasteiger partial charge in [0.2, 0.25) is 5.89 Å². The van der Waals surface area contributed by atoms with Crippen LogP contribution in [0.15, 0.2) is 9.41 Å². The van der Waals surface area contributed by atoms with Crippen molar-refractivity contribution in [3.63, 3.8) is 0 Å². The number of rotatable bonds is 5. The van der Waals surface area contributed by atoms with Crippen LogP contribution in [0, 0.1) is 13.8 Å². The molecule has 1 heterocycles. The second-order valence-electron chi connectivity index (χ2n) is 4.43. The lowest BCUT2D eigenvalue weighted by Crippen LogP contribution is -2.39. The number of oxazole rings is 1. The molecule has 0 atom stereocenters. The third-order valence-electron chi connectivity index (χ3n) is 2.89. The van der Waals surface area contributed by atoms with Gasteiger partial charge in [0.25, 0.3) is 0 Å². The summed E-state index contributed by atoms with van der Waals surface area (Å²) in [6.07, 6.45) is 2.34. The predicted octanol–water partition coefficient (Wildman–Crippen LogP) is 2.72. The zero-order chi connectivity index (χ0) is 13.5. The molecule has 5 nitrogen and oxygen atoms in total. The van der Waals surface area contributed by atoms with E-state index < -0.39 is 0 Å². The lowest BCUT2D eigenvalue weighted by Gasteiger charge is -2.21.